The number of methoxy groups -OCH3 is 1. The summed E-state index contributed by atoms with van der Waals surface area (Å²) in [6.45, 7) is 1.51. The second-order valence-corrected chi connectivity index (χ2v) is 6.90. The zero-order valence-corrected chi connectivity index (χ0v) is 17.3. The molecule has 4 aromatic rings. The molecule has 0 bridgehead atoms. The van der Waals surface area contributed by atoms with Gasteiger partial charge in [0.15, 0.2) is 5.65 Å². The van der Waals surface area contributed by atoms with Gasteiger partial charge in [0.1, 0.15) is 18.1 Å². The zero-order chi connectivity index (χ0) is 22.7. The van der Waals surface area contributed by atoms with Crippen molar-refractivity contribution in [2.24, 2.45) is 0 Å². The number of esters is 1. The fourth-order valence-electron chi connectivity index (χ4n) is 3.13. The number of para-hydroxylation sites is 1. The first-order valence-corrected chi connectivity index (χ1v) is 9.66. The van der Waals surface area contributed by atoms with E-state index in [1.807, 2.05) is 0 Å². The van der Waals surface area contributed by atoms with Crippen molar-refractivity contribution in [1.29, 1.82) is 0 Å². The second-order valence-electron chi connectivity index (χ2n) is 6.90. The third-order valence-electron chi connectivity index (χ3n) is 4.58. The minimum atomic E-state index is -0.622. The molecule has 0 fully saturated rings. The van der Waals surface area contributed by atoms with Gasteiger partial charge in [-0.2, -0.15) is 0 Å². The smallest absolute Gasteiger partial charge is 0.338 e. The summed E-state index contributed by atoms with van der Waals surface area (Å²) in [6, 6.07) is 16.0. The van der Waals surface area contributed by atoms with Crippen LogP contribution in [0.4, 0.5) is 5.69 Å². The maximum atomic E-state index is 12.6. The van der Waals surface area contributed by atoms with Gasteiger partial charge in [0.25, 0.3) is 11.5 Å². The fourth-order valence-corrected chi connectivity index (χ4v) is 3.13. The molecule has 0 spiro atoms. The van der Waals surface area contributed by atoms with Gasteiger partial charge in [-0.1, -0.05) is 18.2 Å². The lowest BCUT2D eigenvalue weighted by Gasteiger charge is -2.10. The van der Waals surface area contributed by atoms with Crippen molar-refractivity contribution in [3.05, 3.63) is 93.6 Å². The monoisotopic (exact) mass is 433 g/mol. The van der Waals surface area contributed by atoms with Crippen molar-refractivity contribution in [2.75, 3.05) is 12.4 Å². The average molecular weight is 433 g/mol. The summed E-state index contributed by atoms with van der Waals surface area (Å²) in [6.07, 6.45) is 0. The van der Waals surface area contributed by atoms with Crippen LogP contribution in [-0.4, -0.2) is 28.5 Å². The Kier molecular flexibility index (Phi) is 5.71. The van der Waals surface area contributed by atoms with E-state index in [9.17, 15) is 14.4 Å². The third-order valence-corrected chi connectivity index (χ3v) is 4.58. The molecule has 0 aliphatic heterocycles. The number of hydrogen-bond acceptors (Lipinski definition) is 7. The standard InChI is InChI=1S/C23H19N3O6/c1-14-10-20-24-17(12-21(27)26(20)32-14)13-31-23(29)15-6-5-7-16(11-15)25-22(28)18-8-3-4-9-19(18)30-2/h3-12H,13H2,1-2H3,(H,25,28). The van der Waals surface area contributed by atoms with Crippen LogP contribution in [0.25, 0.3) is 5.65 Å². The molecule has 2 aromatic heterocycles. The third kappa shape index (κ3) is 4.36. The van der Waals surface area contributed by atoms with Crippen LogP contribution in [0.5, 0.6) is 5.75 Å². The molecule has 162 valence electrons. The van der Waals surface area contributed by atoms with Crippen LogP contribution >= 0.6 is 0 Å². The second kappa shape index (κ2) is 8.76. The highest BCUT2D eigenvalue weighted by molar-refractivity contribution is 6.06. The number of carbonyl (C=O) groups excluding carboxylic acids is 2. The summed E-state index contributed by atoms with van der Waals surface area (Å²) in [7, 11) is 1.48. The van der Waals surface area contributed by atoms with Gasteiger partial charge in [-0.15, -0.1) is 4.57 Å². The molecule has 0 radical (unpaired) electrons. The maximum absolute atomic E-state index is 12.6. The number of anilines is 1. The predicted octanol–water partition coefficient (Wildman–Crippen LogP) is 3.21. The maximum Gasteiger partial charge on any atom is 0.338 e. The number of nitrogens with one attached hydrogen (secondary N) is 1. The Hall–Kier alpha value is -4.40. The van der Waals surface area contributed by atoms with Crippen LogP contribution in [0, 0.1) is 6.92 Å². The number of aromatic nitrogens is 2. The quantitative estimate of drug-likeness (QED) is 0.465. The molecule has 4 rings (SSSR count). The number of aryl methyl sites for hydroxylation is 1. The molecule has 2 aromatic carbocycles. The zero-order valence-electron chi connectivity index (χ0n) is 17.3. The molecule has 2 heterocycles. The molecule has 0 atom stereocenters. The Labute approximate surface area is 182 Å². The largest absolute Gasteiger partial charge is 0.496 e. The molecule has 0 aliphatic carbocycles. The average Bonchev–Trinajstić information content (AvgIpc) is 3.18. The first-order chi connectivity index (χ1) is 15.4. The molecule has 0 saturated carbocycles. The summed E-state index contributed by atoms with van der Waals surface area (Å²) in [5, 5.41) is 2.74. The van der Waals surface area contributed by atoms with E-state index in [4.69, 9.17) is 14.0 Å². The van der Waals surface area contributed by atoms with E-state index >= 15 is 0 Å². The van der Waals surface area contributed by atoms with Crippen LogP contribution in [0.2, 0.25) is 0 Å². The van der Waals surface area contributed by atoms with Gasteiger partial charge in [0.05, 0.1) is 23.9 Å². The van der Waals surface area contributed by atoms with Gasteiger partial charge >= 0.3 is 5.97 Å². The highest BCUT2D eigenvalue weighted by Gasteiger charge is 2.14. The van der Waals surface area contributed by atoms with Crippen LogP contribution in [0.3, 0.4) is 0 Å². The highest BCUT2D eigenvalue weighted by Crippen LogP contribution is 2.20. The number of fused-ring (bicyclic) bond motifs is 1. The molecule has 9 nitrogen and oxygen atoms in total. The van der Waals surface area contributed by atoms with Crippen LogP contribution in [-0.2, 0) is 11.3 Å². The molecule has 0 unspecified atom stereocenters. The minimum Gasteiger partial charge on any atom is -0.496 e. The Balaban J connectivity index is 1.45. The molecular formula is C23H19N3O6. The van der Waals surface area contributed by atoms with E-state index in [1.165, 1.54) is 19.2 Å². The normalized spacial score (nSPS) is 10.7. The van der Waals surface area contributed by atoms with Gasteiger partial charge < -0.3 is 19.3 Å². The van der Waals surface area contributed by atoms with Crippen LogP contribution in [0.1, 0.15) is 32.2 Å². The van der Waals surface area contributed by atoms with Gasteiger partial charge in [0, 0.05) is 17.8 Å². The van der Waals surface area contributed by atoms with Gasteiger partial charge in [-0.3, -0.25) is 9.59 Å². The highest BCUT2D eigenvalue weighted by atomic mass is 16.5. The lowest BCUT2D eigenvalue weighted by atomic mass is 10.1. The fraction of sp³-hybridized carbons (Fsp3) is 0.130. The van der Waals surface area contributed by atoms with Crippen LogP contribution < -0.4 is 15.6 Å². The molecular weight excluding hydrogens is 414 g/mol. The van der Waals surface area contributed by atoms with E-state index in [0.717, 1.165) is 4.57 Å². The Bertz CT molecular complexity index is 1370. The molecule has 0 aliphatic rings. The summed E-state index contributed by atoms with van der Waals surface area (Å²) in [5.41, 5.74) is 1.24. The Morgan fingerprint density at radius 2 is 1.91 bits per heavy atom. The topological polar surface area (TPSA) is 112 Å². The molecule has 1 N–H and O–H groups in total. The summed E-state index contributed by atoms with van der Waals surface area (Å²) in [4.78, 5) is 41.4. The lowest BCUT2D eigenvalue weighted by molar-refractivity contribution is 0.0467. The van der Waals surface area contributed by atoms with Gasteiger partial charge in [0.2, 0.25) is 0 Å². The Morgan fingerprint density at radius 1 is 1.09 bits per heavy atom. The van der Waals surface area contributed by atoms with E-state index in [2.05, 4.69) is 10.3 Å². The summed E-state index contributed by atoms with van der Waals surface area (Å²) < 4.78 is 16.8. The summed E-state index contributed by atoms with van der Waals surface area (Å²) in [5.74, 6) is -0.0189. The number of ether oxygens (including phenoxy) is 2. The number of nitrogens with zero attached hydrogens (tertiary/aromatic N) is 2. The van der Waals surface area contributed by atoms with Crippen molar-refractivity contribution >= 4 is 23.2 Å². The van der Waals surface area contributed by atoms with Gasteiger partial charge in [-0.25, -0.2) is 9.78 Å². The number of amides is 1. The number of hydrogen-bond donors (Lipinski definition) is 1. The van der Waals surface area contributed by atoms with Crippen molar-refractivity contribution in [3.63, 3.8) is 0 Å². The van der Waals surface area contributed by atoms with Crippen molar-refractivity contribution in [1.82, 2.24) is 9.56 Å². The number of benzene rings is 2. The first kappa shape index (κ1) is 20.9. The van der Waals surface area contributed by atoms with Crippen molar-refractivity contribution < 1.29 is 23.6 Å². The summed E-state index contributed by atoms with van der Waals surface area (Å²) >= 11 is 0. The molecule has 9 heteroatoms. The number of rotatable bonds is 6. The van der Waals surface area contributed by atoms with Gasteiger partial charge in [-0.05, 0) is 37.3 Å². The lowest BCUT2D eigenvalue weighted by Crippen LogP contribution is -2.15. The van der Waals surface area contributed by atoms with Crippen LogP contribution in [0.15, 0.2) is 70.0 Å². The number of carbonyl (C=O) groups is 2. The van der Waals surface area contributed by atoms with Crippen molar-refractivity contribution in [3.8, 4) is 5.75 Å². The van der Waals surface area contributed by atoms with E-state index in [0.29, 0.717) is 34.1 Å². The van der Waals surface area contributed by atoms with Crippen molar-refractivity contribution in [2.45, 2.75) is 13.5 Å². The Morgan fingerprint density at radius 3 is 2.72 bits per heavy atom. The predicted molar refractivity (Wildman–Crippen MR) is 115 cm³/mol. The first-order valence-electron chi connectivity index (χ1n) is 9.66. The van der Waals surface area contributed by atoms with E-state index in [1.54, 1.807) is 55.5 Å². The molecule has 0 saturated heterocycles. The SMILES string of the molecule is COc1ccccc1C(=O)Nc1cccc(C(=O)OCc2cc(=O)n3oc(C)cc3n2)c1. The minimum absolute atomic E-state index is 0.188. The van der Waals surface area contributed by atoms with E-state index < -0.39 is 11.5 Å². The van der Waals surface area contributed by atoms with E-state index in [-0.39, 0.29) is 18.1 Å². The molecule has 1 amide bonds. The molecule has 32 heavy (non-hydrogen) atoms.